The van der Waals surface area contributed by atoms with Crippen molar-refractivity contribution >= 4 is 17.6 Å². The van der Waals surface area contributed by atoms with Crippen LogP contribution in [0, 0.1) is 0 Å². The zero-order valence-corrected chi connectivity index (χ0v) is 17.3. The first-order valence-corrected chi connectivity index (χ1v) is 10.6. The van der Waals surface area contributed by atoms with Gasteiger partial charge in [0.1, 0.15) is 0 Å². The number of carboxylic acids is 1. The van der Waals surface area contributed by atoms with Gasteiger partial charge in [0.2, 0.25) is 5.91 Å². The van der Waals surface area contributed by atoms with Crippen LogP contribution in [-0.2, 0) is 4.79 Å². The summed E-state index contributed by atoms with van der Waals surface area (Å²) >= 11 is 0. The van der Waals surface area contributed by atoms with E-state index in [-0.39, 0.29) is 11.5 Å². The monoisotopic (exact) mass is 406 g/mol. The first kappa shape index (κ1) is 21.6. The molecule has 3 N–H and O–H groups in total. The number of nitrogens with two attached hydrogens (primary N) is 1. The molecule has 2 aromatic carbocycles. The molecule has 1 amide bonds. The summed E-state index contributed by atoms with van der Waals surface area (Å²) in [4.78, 5) is 26.3. The van der Waals surface area contributed by atoms with Crippen LogP contribution in [-0.4, -0.2) is 30.1 Å². The van der Waals surface area contributed by atoms with Crippen molar-refractivity contribution in [1.29, 1.82) is 0 Å². The van der Waals surface area contributed by atoms with Gasteiger partial charge in [-0.15, -0.1) is 6.58 Å². The Morgan fingerprint density at radius 1 is 1.07 bits per heavy atom. The molecule has 1 saturated heterocycles. The molecule has 0 spiro atoms. The molecule has 30 heavy (non-hydrogen) atoms. The molecule has 3 rings (SSSR count). The van der Waals surface area contributed by atoms with E-state index in [1.807, 2.05) is 18.2 Å². The van der Waals surface area contributed by atoms with E-state index < -0.39 is 17.8 Å². The number of aromatic carboxylic acids is 1. The maximum atomic E-state index is 12.7. The zero-order valence-electron chi connectivity index (χ0n) is 17.3. The number of para-hydroxylation sites is 1. The number of anilines is 1. The second kappa shape index (κ2) is 10.1. The molecular weight excluding hydrogens is 376 g/mol. The smallest absolute Gasteiger partial charge is 0.335 e. The summed E-state index contributed by atoms with van der Waals surface area (Å²) in [5.41, 5.74) is 9.13. The summed E-state index contributed by atoms with van der Waals surface area (Å²) < 4.78 is 0. The van der Waals surface area contributed by atoms with Crippen molar-refractivity contribution in [2.75, 3.05) is 18.0 Å². The fourth-order valence-corrected chi connectivity index (χ4v) is 4.45. The fraction of sp³-hybridized carbons (Fsp3) is 0.360. The summed E-state index contributed by atoms with van der Waals surface area (Å²) in [7, 11) is 0. The van der Waals surface area contributed by atoms with Gasteiger partial charge in [0, 0.05) is 24.7 Å². The third kappa shape index (κ3) is 4.90. The van der Waals surface area contributed by atoms with Gasteiger partial charge in [0.25, 0.3) is 0 Å². The molecular formula is C25H30N2O3. The second-order valence-electron chi connectivity index (χ2n) is 7.89. The maximum absolute atomic E-state index is 12.7. The van der Waals surface area contributed by atoms with E-state index in [9.17, 15) is 14.7 Å². The minimum absolute atomic E-state index is 0.116. The Labute approximate surface area is 178 Å². The molecule has 0 aliphatic carbocycles. The molecule has 2 aromatic rings. The standard InChI is InChI=1S/C25H30N2O3/c1-2-3-9-21(20-10-5-6-11-22(20)27-16-7-4-8-17-27)23(24(26)28)18-12-14-19(15-13-18)25(29)30/h2,5-6,10-15,21,23H,1,3-4,7-9,16-17H2,(H2,26,28)(H,29,30). The van der Waals surface area contributed by atoms with Crippen LogP contribution in [0.25, 0.3) is 0 Å². The Kier molecular flexibility index (Phi) is 7.28. The van der Waals surface area contributed by atoms with Gasteiger partial charge in [0.15, 0.2) is 0 Å². The summed E-state index contributed by atoms with van der Waals surface area (Å²) in [6.07, 6.45) is 6.95. The Bertz CT molecular complexity index is 886. The largest absolute Gasteiger partial charge is 0.478 e. The SMILES string of the molecule is C=CCCC(c1ccccc1N1CCCCC1)C(C(N)=O)c1ccc(C(=O)O)cc1. The predicted octanol–water partition coefficient (Wildman–Crippen LogP) is 4.69. The molecule has 1 heterocycles. The van der Waals surface area contributed by atoms with Crippen LogP contribution in [0.1, 0.15) is 65.4 Å². The molecule has 1 fully saturated rings. The summed E-state index contributed by atoms with van der Waals surface area (Å²) in [5.74, 6) is -2.05. The first-order valence-electron chi connectivity index (χ1n) is 10.6. The quantitative estimate of drug-likeness (QED) is 0.592. The molecule has 158 valence electrons. The number of carboxylic acid groups (broad SMARTS) is 1. The topological polar surface area (TPSA) is 83.6 Å². The fourth-order valence-electron chi connectivity index (χ4n) is 4.45. The van der Waals surface area contributed by atoms with Crippen molar-refractivity contribution in [2.24, 2.45) is 5.73 Å². The Balaban J connectivity index is 2.04. The van der Waals surface area contributed by atoms with Crippen molar-refractivity contribution in [3.63, 3.8) is 0 Å². The van der Waals surface area contributed by atoms with Crippen LogP contribution < -0.4 is 10.6 Å². The van der Waals surface area contributed by atoms with Gasteiger partial charge in [0.05, 0.1) is 11.5 Å². The van der Waals surface area contributed by atoms with E-state index >= 15 is 0 Å². The second-order valence-corrected chi connectivity index (χ2v) is 7.89. The number of nitrogens with zero attached hydrogens (tertiary/aromatic N) is 1. The number of amides is 1. The van der Waals surface area contributed by atoms with Crippen LogP contribution >= 0.6 is 0 Å². The predicted molar refractivity (Wildman–Crippen MR) is 120 cm³/mol. The van der Waals surface area contributed by atoms with Crippen LogP contribution in [0.5, 0.6) is 0 Å². The number of benzene rings is 2. The normalized spacial score (nSPS) is 15.9. The molecule has 1 aliphatic heterocycles. The average Bonchev–Trinajstić information content (AvgIpc) is 2.77. The number of primary amides is 1. The van der Waals surface area contributed by atoms with Gasteiger partial charge in [-0.1, -0.05) is 36.4 Å². The van der Waals surface area contributed by atoms with Gasteiger partial charge in [-0.25, -0.2) is 4.79 Å². The summed E-state index contributed by atoms with van der Waals surface area (Å²) in [6.45, 7) is 5.88. The Hall–Kier alpha value is -3.08. The van der Waals surface area contributed by atoms with Crippen molar-refractivity contribution in [2.45, 2.75) is 43.9 Å². The van der Waals surface area contributed by atoms with Crippen molar-refractivity contribution in [3.05, 3.63) is 77.9 Å². The molecule has 2 atom stereocenters. The highest BCUT2D eigenvalue weighted by Crippen LogP contribution is 2.41. The van der Waals surface area contributed by atoms with Crippen LogP contribution in [0.2, 0.25) is 0 Å². The van der Waals surface area contributed by atoms with Crippen LogP contribution in [0.4, 0.5) is 5.69 Å². The molecule has 2 unspecified atom stereocenters. The zero-order chi connectivity index (χ0) is 21.5. The molecule has 0 bridgehead atoms. The lowest BCUT2D eigenvalue weighted by molar-refractivity contribution is -0.120. The molecule has 0 aromatic heterocycles. The highest BCUT2D eigenvalue weighted by molar-refractivity contribution is 5.88. The number of allylic oxidation sites excluding steroid dienone is 1. The minimum Gasteiger partial charge on any atom is -0.478 e. The van der Waals surface area contributed by atoms with Gasteiger partial charge in [-0.3, -0.25) is 4.79 Å². The maximum Gasteiger partial charge on any atom is 0.335 e. The first-order chi connectivity index (χ1) is 14.5. The number of carbonyl (C=O) groups is 2. The van der Waals surface area contributed by atoms with Crippen molar-refractivity contribution in [1.82, 2.24) is 0 Å². The lowest BCUT2D eigenvalue weighted by Gasteiger charge is -2.34. The van der Waals surface area contributed by atoms with E-state index in [0.29, 0.717) is 0 Å². The number of hydrogen-bond donors (Lipinski definition) is 2. The number of piperidine rings is 1. The number of carbonyl (C=O) groups excluding carboxylic acids is 1. The van der Waals surface area contributed by atoms with E-state index in [1.165, 1.54) is 37.1 Å². The lowest BCUT2D eigenvalue weighted by atomic mass is 9.77. The molecule has 1 aliphatic rings. The van der Waals surface area contributed by atoms with E-state index in [2.05, 4.69) is 23.6 Å². The van der Waals surface area contributed by atoms with E-state index in [1.54, 1.807) is 12.1 Å². The summed E-state index contributed by atoms with van der Waals surface area (Å²) in [6, 6.07) is 14.8. The third-order valence-electron chi connectivity index (χ3n) is 5.94. The Morgan fingerprint density at radius 2 is 1.73 bits per heavy atom. The van der Waals surface area contributed by atoms with Gasteiger partial charge >= 0.3 is 5.97 Å². The molecule has 0 radical (unpaired) electrons. The number of hydrogen-bond acceptors (Lipinski definition) is 3. The minimum atomic E-state index is -0.990. The van der Waals surface area contributed by atoms with Crippen molar-refractivity contribution < 1.29 is 14.7 Å². The van der Waals surface area contributed by atoms with E-state index in [0.717, 1.165) is 37.1 Å². The third-order valence-corrected chi connectivity index (χ3v) is 5.94. The van der Waals surface area contributed by atoms with Crippen LogP contribution in [0.15, 0.2) is 61.2 Å². The molecule has 0 saturated carbocycles. The van der Waals surface area contributed by atoms with Gasteiger partial charge in [-0.2, -0.15) is 0 Å². The number of rotatable bonds is 9. The lowest BCUT2D eigenvalue weighted by Crippen LogP contribution is -2.32. The summed E-state index contributed by atoms with van der Waals surface area (Å²) in [5, 5.41) is 9.20. The highest BCUT2D eigenvalue weighted by Gasteiger charge is 2.31. The highest BCUT2D eigenvalue weighted by atomic mass is 16.4. The van der Waals surface area contributed by atoms with E-state index in [4.69, 9.17) is 5.73 Å². The van der Waals surface area contributed by atoms with Crippen molar-refractivity contribution in [3.8, 4) is 0 Å². The van der Waals surface area contributed by atoms with Gasteiger partial charge in [-0.05, 0) is 61.4 Å². The van der Waals surface area contributed by atoms with Gasteiger partial charge < -0.3 is 15.7 Å². The molecule has 5 heteroatoms. The molecule has 5 nitrogen and oxygen atoms in total. The average molecular weight is 407 g/mol. The van der Waals surface area contributed by atoms with Crippen LogP contribution in [0.3, 0.4) is 0 Å². The Morgan fingerprint density at radius 3 is 2.33 bits per heavy atom.